The lowest BCUT2D eigenvalue weighted by Crippen LogP contribution is -2.33. The maximum absolute atomic E-state index is 5.09. The molecule has 1 atom stereocenters. The molecule has 264 valence electrons. The molecule has 1 N–H and O–H groups in total. The van der Waals surface area contributed by atoms with Gasteiger partial charge in [-0.1, -0.05) is 140 Å². The Morgan fingerprint density at radius 3 is 1.41 bits per heavy atom. The van der Waals surface area contributed by atoms with Gasteiger partial charge in [0.1, 0.15) is 12.0 Å². The van der Waals surface area contributed by atoms with E-state index in [4.69, 9.17) is 9.98 Å². The molecule has 0 fully saturated rings. The van der Waals surface area contributed by atoms with E-state index >= 15 is 0 Å². The molecule has 0 amide bonds. The van der Waals surface area contributed by atoms with Crippen molar-refractivity contribution < 1.29 is 0 Å². The predicted molar refractivity (Wildman–Crippen MR) is 232 cm³/mol. The zero-order valence-corrected chi connectivity index (χ0v) is 30.4. The number of aromatic nitrogens is 2. The summed E-state index contributed by atoms with van der Waals surface area (Å²) < 4.78 is 4.74. The van der Waals surface area contributed by atoms with Crippen LogP contribution >= 0.6 is 0 Å². The van der Waals surface area contributed by atoms with E-state index in [0.29, 0.717) is 0 Å². The van der Waals surface area contributed by atoms with Crippen LogP contribution in [-0.2, 0) is 0 Å². The van der Waals surface area contributed by atoms with Crippen molar-refractivity contribution in [2.75, 3.05) is 0 Å². The molecule has 0 bridgehead atoms. The Morgan fingerprint density at radius 2 is 0.839 bits per heavy atom. The summed E-state index contributed by atoms with van der Waals surface area (Å²) in [7, 11) is 0. The molecule has 0 saturated heterocycles. The first-order chi connectivity index (χ1) is 27.8. The van der Waals surface area contributed by atoms with Crippen LogP contribution in [0, 0.1) is 0 Å². The summed E-state index contributed by atoms with van der Waals surface area (Å²) >= 11 is 0. The minimum Gasteiger partial charge on any atom is -0.344 e. The standard InChI is InChI=1S/C51H35N5/c1-4-14-34(15-5-1)49-52-50(35-16-6-2-7-17-35)54-51(53-49)36-24-28-40(29-25-36)56-46-23-13-11-21-42(46)44-33-38(27-31-48(44)56)37-26-30-47-43(32-37)41-20-10-12-22-45(41)55(47)39-18-8-3-9-19-39/h1-33,51H,(H,52,53,54). The molecule has 1 aliphatic heterocycles. The third kappa shape index (κ3) is 5.32. The quantitative estimate of drug-likeness (QED) is 0.183. The molecule has 0 aliphatic carbocycles. The van der Waals surface area contributed by atoms with Gasteiger partial charge in [0, 0.05) is 44.0 Å². The molecule has 1 aliphatic rings. The largest absolute Gasteiger partial charge is 0.344 e. The van der Waals surface area contributed by atoms with Crippen LogP contribution in [0.3, 0.4) is 0 Å². The fraction of sp³-hybridized carbons (Fsp3) is 0.0196. The number of hydrogen-bond acceptors (Lipinski definition) is 3. The average molecular weight is 718 g/mol. The van der Waals surface area contributed by atoms with Crippen LogP contribution in [-0.4, -0.2) is 20.8 Å². The topological polar surface area (TPSA) is 46.6 Å². The van der Waals surface area contributed by atoms with Crippen molar-refractivity contribution in [1.82, 2.24) is 14.5 Å². The van der Waals surface area contributed by atoms with Crippen molar-refractivity contribution in [1.29, 1.82) is 0 Å². The minimum absolute atomic E-state index is 0.285. The van der Waals surface area contributed by atoms with Crippen molar-refractivity contribution in [3.8, 4) is 22.5 Å². The van der Waals surface area contributed by atoms with Gasteiger partial charge in [-0.3, -0.25) is 0 Å². The zero-order chi connectivity index (χ0) is 37.0. The fourth-order valence-corrected chi connectivity index (χ4v) is 8.32. The number of nitrogens with zero attached hydrogens (tertiary/aromatic N) is 4. The van der Waals surface area contributed by atoms with Crippen LogP contribution in [0.2, 0.25) is 0 Å². The average Bonchev–Trinajstić information content (AvgIpc) is 3.79. The lowest BCUT2D eigenvalue weighted by molar-refractivity contribution is 0.674. The summed E-state index contributed by atoms with van der Waals surface area (Å²) in [5.74, 6) is 1.53. The van der Waals surface area contributed by atoms with E-state index in [1.54, 1.807) is 0 Å². The summed E-state index contributed by atoms with van der Waals surface area (Å²) in [4.78, 5) is 10.0. The molecule has 10 aromatic rings. The highest BCUT2D eigenvalue weighted by Gasteiger charge is 2.22. The van der Waals surface area contributed by atoms with Gasteiger partial charge >= 0.3 is 0 Å². The molecule has 5 nitrogen and oxygen atoms in total. The zero-order valence-electron chi connectivity index (χ0n) is 30.4. The second kappa shape index (κ2) is 13.1. The minimum atomic E-state index is -0.285. The highest BCUT2D eigenvalue weighted by atomic mass is 15.2. The monoisotopic (exact) mass is 717 g/mol. The second-order valence-electron chi connectivity index (χ2n) is 14.3. The number of rotatable bonds is 6. The smallest absolute Gasteiger partial charge is 0.159 e. The Hall–Kier alpha value is -7.50. The van der Waals surface area contributed by atoms with Crippen LogP contribution in [0.5, 0.6) is 0 Å². The van der Waals surface area contributed by atoms with Gasteiger partial charge in [0.15, 0.2) is 5.84 Å². The number of fused-ring (bicyclic) bond motifs is 6. The van der Waals surface area contributed by atoms with Crippen LogP contribution in [0.4, 0.5) is 0 Å². The normalized spacial score (nSPS) is 14.2. The molecule has 3 heterocycles. The van der Waals surface area contributed by atoms with Crippen LogP contribution in [0.25, 0.3) is 66.1 Å². The first-order valence-electron chi connectivity index (χ1n) is 19.0. The van der Waals surface area contributed by atoms with Crippen LogP contribution in [0.15, 0.2) is 210 Å². The van der Waals surface area contributed by atoms with Gasteiger partial charge in [0.05, 0.1) is 22.1 Å². The number of nitrogens with one attached hydrogen (secondary N) is 1. The third-order valence-corrected chi connectivity index (χ3v) is 11.0. The molecule has 0 spiro atoms. The second-order valence-corrected chi connectivity index (χ2v) is 14.3. The molecule has 0 radical (unpaired) electrons. The van der Waals surface area contributed by atoms with Crippen molar-refractivity contribution >= 4 is 55.3 Å². The maximum Gasteiger partial charge on any atom is 0.159 e. The Kier molecular flexibility index (Phi) is 7.49. The molecular weight excluding hydrogens is 683 g/mol. The molecule has 8 aromatic carbocycles. The van der Waals surface area contributed by atoms with Gasteiger partial charge < -0.3 is 14.5 Å². The van der Waals surface area contributed by atoms with E-state index in [1.807, 2.05) is 36.4 Å². The van der Waals surface area contributed by atoms with Gasteiger partial charge in [-0.05, 0) is 77.4 Å². The predicted octanol–water partition coefficient (Wildman–Crippen LogP) is 12.0. The molecule has 11 rings (SSSR count). The fourth-order valence-electron chi connectivity index (χ4n) is 8.32. The SMILES string of the molecule is c1ccc(C2=NC(c3ccc(-n4c5ccccc5c5cc(-c6ccc7c(c6)c6ccccc6n7-c6ccccc6)ccc54)cc3)NC(c3ccccc3)=N2)cc1. The summed E-state index contributed by atoms with van der Waals surface area (Å²) in [6.07, 6.45) is -0.285. The van der Waals surface area contributed by atoms with Crippen LogP contribution in [0.1, 0.15) is 22.9 Å². The van der Waals surface area contributed by atoms with E-state index in [9.17, 15) is 0 Å². The van der Waals surface area contributed by atoms with E-state index < -0.39 is 0 Å². The molecule has 0 saturated carbocycles. The Morgan fingerprint density at radius 1 is 0.375 bits per heavy atom. The summed E-state index contributed by atoms with van der Waals surface area (Å²) in [6.45, 7) is 0. The first-order valence-corrected chi connectivity index (χ1v) is 19.0. The number of benzene rings is 8. The maximum atomic E-state index is 5.09. The Labute approximate surface area is 324 Å². The number of amidine groups is 2. The molecule has 5 heteroatoms. The highest BCUT2D eigenvalue weighted by molar-refractivity contribution is 6.14. The van der Waals surface area contributed by atoms with Gasteiger partial charge in [-0.2, -0.15) is 0 Å². The summed E-state index contributed by atoms with van der Waals surface area (Å²) in [5.41, 5.74) is 12.5. The van der Waals surface area contributed by atoms with E-state index in [0.717, 1.165) is 34.0 Å². The van der Waals surface area contributed by atoms with Gasteiger partial charge in [-0.25, -0.2) is 9.98 Å². The molecule has 56 heavy (non-hydrogen) atoms. The van der Waals surface area contributed by atoms with E-state index in [1.165, 1.54) is 60.4 Å². The van der Waals surface area contributed by atoms with Gasteiger partial charge in [0.2, 0.25) is 0 Å². The van der Waals surface area contributed by atoms with Crippen molar-refractivity contribution in [3.63, 3.8) is 0 Å². The molecule has 2 aromatic heterocycles. The van der Waals surface area contributed by atoms with Gasteiger partial charge in [0.25, 0.3) is 0 Å². The van der Waals surface area contributed by atoms with E-state index in [2.05, 4.69) is 178 Å². The van der Waals surface area contributed by atoms with Crippen molar-refractivity contribution in [2.24, 2.45) is 9.98 Å². The molecule has 1 unspecified atom stereocenters. The molecular formula is C51H35N5. The summed E-state index contributed by atoms with van der Waals surface area (Å²) in [5, 5.41) is 8.56. The van der Waals surface area contributed by atoms with Gasteiger partial charge in [-0.15, -0.1) is 0 Å². The lowest BCUT2D eigenvalue weighted by Gasteiger charge is -2.24. The van der Waals surface area contributed by atoms with Crippen LogP contribution < -0.4 is 5.32 Å². The van der Waals surface area contributed by atoms with Crippen molar-refractivity contribution in [3.05, 3.63) is 217 Å². The Balaban J connectivity index is 0.983. The highest BCUT2D eigenvalue weighted by Crippen LogP contribution is 2.38. The van der Waals surface area contributed by atoms with Crippen molar-refractivity contribution in [2.45, 2.75) is 6.17 Å². The first kappa shape index (κ1) is 32.0. The third-order valence-electron chi connectivity index (χ3n) is 11.0. The summed E-state index contributed by atoms with van der Waals surface area (Å²) in [6, 6.07) is 71.1. The van der Waals surface area contributed by atoms with E-state index in [-0.39, 0.29) is 6.17 Å². The lowest BCUT2D eigenvalue weighted by atomic mass is 10.0. The Bertz CT molecular complexity index is 3140. The number of para-hydroxylation sites is 3. The number of aliphatic imine (C=N–C) groups is 2. The number of hydrogen-bond donors (Lipinski definition) is 1.